The number of methoxy groups -OCH3 is 1. The molecule has 0 bridgehead atoms. The topological polar surface area (TPSA) is 21.3 Å². The number of ether oxygens (including phenoxy) is 1. The van der Waals surface area contributed by atoms with Gasteiger partial charge in [0.1, 0.15) is 5.75 Å². The second kappa shape index (κ2) is 6.07. The highest BCUT2D eigenvalue weighted by Crippen LogP contribution is 2.45. The van der Waals surface area contributed by atoms with Gasteiger partial charge < -0.3 is 10.1 Å². The van der Waals surface area contributed by atoms with Crippen LogP contribution in [-0.4, -0.2) is 13.7 Å². The number of hydrogen-bond acceptors (Lipinski definition) is 2. The highest BCUT2D eigenvalue weighted by atomic mass is 79.9. The average molecular weight is 340 g/mol. The van der Waals surface area contributed by atoms with Gasteiger partial charge in [0, 0.05) is 16.1 Å². The Bertz CT molecular complexity index is 496. The summed E-state index contributed by atoms with van der Waals surface area (Å²) >= 11 is 3.82. The summed E-state index contributed by atoms with van der Waals surface area (Å²) in [6, 6.07) is 2.56. The Morgan fingerprint density at radius 3 is 2.75 bits per heavy atom. The standard InChI is InChI=1S/C17H26BrNO/c1-6-19-13-10-17(3,4)8-7-12-14(20-5)9-11(2)16(18)15(12)13/h9,13,19H,6-8,10H2,1-5H3. The van der Waals surface area contributed by atoms with E-state index in [1.54, 1.807) is 7.11 Å². The Hall–Kier alpha value is -0.540. The molecule has 0 aliphatic heterocycles. The lowest BCUT2D eigenvalue weighted by Gasteiger charge is -2.28. The number of benzene rings is 1. The summed E-state index contributed by atoms with van der Waals surface area (Å²) in [5.74, 6) is 1.04. The summed E-state index contributed by atoms with van der Waals surface area (Å²) in [5, 5.41) is 3.67. The van der Waals surface area contributed by atoms with Gasteiger partial charge in [-0.1, -0.05) is 36.7 Å². The molecule has 0 aromatic heterocycles. The van der Waals surface area contributed by atoms with E-state index in [0.29, 0.717) is 11.5 Å². The smallest absolute Gasteiger partial charge is 0.122 e. The van der Waals surface area contributed by atoms with Gasteiger partial charge in [0.2, 0.25) is 0 Å². The third-order valence-electron chi connectivity index (χ3n) is 4.38. The van der Waals surface area contributed by atoms with Crippen molar-refractivity contribution >= 4 is 15.9 Å². The Morgan fingerprint density at radius 2 is 2.15 bits per heavy atom. The van der Waals surface area contributed by atoms with Crippen molar-refractivity contribution < 1.29 is 4.74 Å². The zero-order chi connectivity index (χ0) is 14.9. The molecule has 0 fully saturated rings. The molecule has 0 heterocycles. The van der Waals surface area contributed by atoms with Crippen LogP contribution in [0.3, 0.4) is 0 Å². The molecule has 0 radical (unpaired) electrons. The second-order valence-corrected chi connectivity index (χ2v) is 7.37. The fourth-order valence-electron chi connectivity index (χ4n) is 3.27. The molecular weight excluding hydrogens is 314 g/mol. The van der Waals surface area contributed by atoms with Gasteiger partial charge in [0.05, 0.1) is 7.11 Å². The van der Waals surface area contributed by atoms with Crippen LogP contribution in [0.1, 0.15) is 56.3 Å². The molecular formula is C17H26BrNO. The third kappa shape index (κ3) is 3.04. The van der Waals surface area contributed by atoms with Crippen molar-refractivity contribution in [2.45, 2.75) is 53.0 Å². The largest absolute Gasteiger partial charge is 0.496 e. The van der Waals surface area contributed by atoms with Gasteiger partial charge in [-0.3, -0.25) is 0 Å². The van der Waals surface area contributed by atoms with Crippen molar-refractivity contribution in [1.82, 2.24) is 5.32 Å². The number of nitrogens with one attached hydrogen (secondary N) is 1. The molecule has 1 unspecified atom stereocenters. The molecule has 1 N–H and O–H groups in total. The summed E-state index contributed by atoms with van der Waals surface area (Å²) < 4.78 is 6.90. The van der Waals surface area contributed by atoms with Gasteiger partial charge in [-0.05, 0) is 55.3 Å². The minimum Gasteiger partial charge on any atom is -0.496 e. The maximum absolute atomic E-state index is 5.65. The lowest BCUT2D eigenvalue weighted by molar-refractivity contribution is 0.274. The van der Waals surface area contributed by atoms with Crippen molar-refractivity contribution in [1.29, 1.82) is 0 Å². The van der Waals surface area contributed by atoms with Crippen LogP contribution in [0.2, 0.25) is 0 Å². The molecule has 0 saturated carbocycles. The summed E-state index contributed by atoms with van der Waals surface area (Å²) in [6.45, 7) is 10.1. The zero-order valence-electron chi connectivity index (χ0n) is 13.3. The number of aryl methyl sites for hydroxylation is 1. The van der Waals surface area contributed by atoms with Crippen LogP contribution < -0.4 is 10.1 Å². The minimum absolute atomic E-state index is 0.351. The third-order valence-corrected chi connectivity index (χ3v) is 5.43. The first-order valence-corrected chi connectivity index (χ1v) is 8.28. The molecule has 2 rings (SSSR count). The van der Waals surface area contributed by atoms with E-state index in [2.05, 4.69) is 55.0 Å². The lowest BCUT2D eigenvalue weighted by Crippen LogP contribution is -2.26. The molecule has 3 heteroatoms. The Kier molecular flexibility index (Phi) is 4.80. The summed E-state index contributed by atoms with van der Waals surface area (Å²) in [5.41, 5.74) is 4.39. The molecule has 20 heavy (non-hydrogen) atoms. The van der Waals surface area contributed by atoms with Crippen molar-refractivity contribution in [2.75, 3.05) is 13.7 Å². The molecule has 1 aromatic rings. The first-order chi connectivity index (χ1) is 9.39. The fraction of sp³-hybridized carbons (Fsp3) is 0.647. The summed E-state index contributed by atoms with van der Waals surface area (Å²) in [6.07, 6.45) is 3.46. The number of halogens is 1. The van der Waals surface area contributed by atoms with Gasteiger partial charge in [-0.25, -0.2) is 0 Å². The predicted molar refractivity (Wildman–Crippen MR) is 88.6 cm³/mol. The van der Waals surface area contributed by atoms with E-state index in [1.807, 2.05) is 0 Å². The molecule has 2 nitrogen and oxygen atoms in total. The Morgan fingerprint density at radius 1 is 1.45 bits per heavy atom. The van der Waals surface area contributed by atoms with E-state index in [1.165, 1.54) is 34.0 Å². The molecule has 1 aliphatic rings. The van der Waals surface area contributed by atoms with Crippen LogP contribution in [-0.2, 0) is 6.42 Å². The normalized spacial score (nSPS) is 21.2. The van der Waals surface area contributed by atoms with Crippen molar-refractivity contribution in [3.8, 4) is 5.75 Å². The SMILES string of the molecule is CCNC1CC(C)(C)CCc2c(OC)cc(C)c(Br)c21. The number of fused-ring (bicyclic) bond motifs is 1. The van der Waals surface area contributed by atoms with E-state index in [-0.39, 0.29) is 0 Å². The van der Waals surface area contributed by atoms with Crippen LogP contribution in [0.5, 0.6) is 5.75 Å². The minimum atomic E-state index is 0.351. The van der Waals surface area contributed by atoms with Gasteiger partial charge in [0.25, 0.3) is 0 Å². The quantitative estimate of drug-likeness (QED) is 0.800. The highest BCUT2D eigenvalue weighted by Gasteiger charge is 2.32. The maximum atomic E-state index is 5.65. The van der Waals surface area contributed by atoms with Crippen molar-refractivity contribution in [3.05, 3.63) is 27.2 Å². The molecule has 0 amide bonds. The summed E-state index contributed by atoms with van der Waals surface area (Å²) in [7, 11) is 1.78. The van der Waals surface area contributed by atoms with Crippen LogP contribution in [0.15, 0.2) is 10.5 Å². The first kappa shape index (κ1) is 15.8. The van der Waals surface area contributed by atoms with Crippen LogP contribution in [0.4, 0.5) is 0 Å². The van der Waals surface area contributed by atoms with E-state index in [0.717, 1.165) is 18.7 Å². The molecule has 0 spiro atoms. The molecule has 112 valence electrons. The molecule has 1 aromatic carbocycles. The van der Waals surface area contributed by atoms with Crippen molar-refractivity contribution in [3.63, 3.8) is 0 Å². The maximum Gasteiger partial charge on any atom is 0.122 e. The van der Waals surface area contributed by atoms with E-state index >= 15 is 0 Å². The van der Waals surface area contributed by atoms with E-state index < -0.39 is 0 Å². The number of rotatable bonds is 3. The Balaban J connectivity index is 2.60. The second-order valence-electron chi connectivity index (χ2n) is 6.58. The summed E-state index contributed by atoms with van der Waals surface area (Å²) in [4.78, 5) is 0. The molecule has 1 aliphatic carbocycles. The molecule has 0 saturated heterocycles. The van der Waals surface area contributed by atoms with Gasteiger partial charge in [0.15, 0.2) is 0 Å². The monoisotopic (exact) mass is 339 g/mol. The van der Waals surface area contributed by atoms with Gasteiger partial charge >= 0.3 is 0 Å². The van der Waals surface area contributed by atoms with E-state index in [9.17, 15) is 0 Å². The number of hydrogen-bond donors (Lipinski definition) is 1. The van der Waals surface area contributed by atoms with Gasteiger partial charge in [-0.15, -0.1) is 0 Å². The van der Waals surface area contributed by atoms with Crippen LogP contribution in [0.25, 0.3) is 0 Å². The lowest BCUT2D eigenvalue weighted by atomic mass is 9.83. The van der Waals surface area contributed by atoms with E-state index in [4.69, 9.17) is 4.74 Å². The van der Waals surface area contributed by atoms with Crippen LogP contribution >= 0.6 is 15.9 Å². The first-order valence-electron chi connectivity index (χ1n) is 7.49. The Labute approximate surface area is 131 Å². The molecule has 1 atom stereocenters. The van der Waals surface area contributed by atoms with Gasteiger partial charge in [-0.2, -0.15) is 0 Å². The average Bonchev–Trinajstić information content (AvgIpc) is 2.51. The fourth-order valence-corrected chi connectivity index (χ4v) is 3.90. The predicted octanol–water partition coefficient (Wildman–Crippen LogP) is 4.78. The highest BCUT2D eigenvalue weighted by molar-refractivity contribution is 9.10. The van der Waals surface area contributed by atoms with Crippen LogP contribution in [0, 0.1) is 12.3 Å². The van der Waals surface area contributed by atoms with Crippen molar-refractivity contribution in [2.24, 2.45) is 5.41 Å². The zero-order valence-corrected chi connectivity index (χ0v) is 14.9.